The number of carboxylic acid groups (broad SMARTS) is 1. The number of halogens is 5. The van der Waals surface area contributed by atoms with Crippen LogP contribution in [0.4, 0.5) is 29.1 Å². The summed E-state index contributed by atoms with van der Waals surface area (Å²) >= 11 is 6.55. The average Bonchev–Trinajstić information content (AvgIpc) is 3.18. The summed E-state index contributed by atoms with van der Waals surface area (Å²) in [6.45, 7) is -0.335. The van der Waals surface area contributed by atoms with Crippen molar-refractivity contribution in [3.05, 3.63) is 56.6 Å². The van der Waals surface area contributed by atoms with E-state index in [0.717, 1.165) is 16.8 Å². The number of anilines is 2. The van der Waals surface area contributed by atoms with Gasteiger partial charge in [0.2, 0.25) is 5.43 Å². The van der Waals surface area contributed by atoms with Crippen molar-refractivity contribution in [2.45, 2.75) is 30.5 Å². The van der Waals surface area contributed by atoms with Crippen LogP contribution in [0.2, 0.25) is 5.02 Å². The van der Waals surface area contributed by atoms with Gasteiger partial charge in [-0.25, -0.2) is 27.3 Å². The monoisotopic (exact) mass is 511 g/mol. The molecule has 1 aromatic carbocycles. The Morgan fingerprint density at radius 2 is 1.86 bits per heavy atom. The second kappa shape index (κ2) is 7.56. The lowest BCUT2D eigenvalue weighted by atomic mass is 9.89. The lowest BCUT2D eigenvalue weighted by Crippen LogP contribution is -2.53. The fraction of sp³-hybridized carbons (Fsp3) is 0.318. The van der Waals surface area contributed by atoms with Crippen molar-refractivity contribution in [2.24, 2.45) is 5.73 Å². The van der Waals surface area contributed by atoms with Gasteiger partial charge >= 0.3 is 5.97 Å². The van der Waals surface area contributed by atoms with Crippen LogP contribution in [0, 0.1) is 17.5 Å². The third-order valence-electron chi connectivity index (χ3n) is 6.87. The van der Waals surface area contributed by atoms with Crippen molar-refractivity contribution in [3.63, 3.8) is 0 Å². The number of nitrogen functional groups attached to an aromatic ring is 1. The molecule has 3 aromatic rings. The van der Waals surface area contributed by atoms with Gasteiger partial charge in [0.15, 0.2) is 23.3 Å². The number of rotatable bonds is 3. The molecule has 0 bridgehead atoms. The highest BCUT2D eigenvalue weighted by Gasteiger charge is 2.60. The number of nitrogens with zero attached hydrogens (tertiary/aromatic N) is 3. The largest absolute Gasteiger partial charge is 0.477 e. The predicted octanol–water partition coefficient (Wildman–Crippen LogP) is 3.15. The van der Waals surface area contributed by atoms with Gasteiger partial charge in [0.1, 0.15) is 17.0 Å². The van der Waals surface area contributed by atoms with Crippen LogP contribution in [0.1, 0.15) is 29.6 Å². The van der Waals surface area contributed by atoms with E-state index in [9.17, 15) is 23.5 Å². The number of fused-ring (bicyclic) bond motifs is 2. The van der Waals surface area contributed by atoms with Crippen LogP contribution < -0.4 is 21.8 Å². The van der Waals surface area contributed by atoms with E-state index in [1.54, 1.807) is 0 Å². The van der Waals surface area contributed by atoms with Crippen LogP contribution in [0.15, 0.2) is 23.1 Å². The number of benzene rings is 1. The number of carbonyl (C=O) groups is 1. The molecule has 35 heavy (non-hydrogen) atoms. The van der Waals surface area contributed by atoms with Crippen molar-refractivity contribution in [1.29, 1.82) is 0 Å². The number of hydrogen-bond donors (Lipinski definition) is 3. The van der Waals surface area contributed by atoms with Crippen LogP contribution in [0.3, 0.4) is 0 Å². The fourth-order valence-corrected chi connectivity index (χ4v) is 5.53. The Hall–Kier alpha value is -3.38. The molecule has 3 heterocycles. The number of alkyl halides is 1. The number of hydrogen-bond acceptors (Lipinski definition) is 6. The number of aromatic nitrogens is 2. The van der Waals surface area contributed by atoms with E-state index in [1.165, 1.54) is 4.90 Å². The van der Waals surface area contributed by atoms with Gasteiger partial charge in [0.25, 0.3) is 0 Å². The normalized spacial score (nSPS) is 23.8. The molecule has 1 saturated carbocycles. The number of carboxylic acids is 1. The molecule has 5 N–H and O–H groups in total. The Morgan fingerprint density at radius 1 is 1.14 bits per heavy atom. The zero-order valence-corrected chi connectivity index (χ0v) is 18.7. The Labute approximate surface area is 199 Å². The molecule has 8 nitrogen and oxygen atoms in total. The summed E-state index contributed by atoms with van der Waals surface area (Å²) in [5.74, 6) is -6.50. The molecule has 0 radical (unpaired) electrons. The van der Waals surface area contributed by atoms with Crippen molar-refractivity contribution >= 4 is 40.0 Å². The summed E-state index contributed by atoms with van der Waals surface area (Å²) in [6, 6.07) is 1.17. The number of pyridine rings is 2. The van der Waals surface area contributed by atoms with Crippen LogP contribution in [0.25, 0.3) is 16.7 Å². The molecular formula is C22H18ClF4N5O3. The van der Waals surface area contributed by atoms with Gasteiger partial charge < -0.3 is 21.5 Å². The molecule has 0 amide bonds. The molecule has 2 aromatic heterocycles. The SMILES string of the molecule is Nc1nc(-n2cc(C(=O)O)c(=O)c3cc(F)c(N4C[C@]5(N)CCC[C@]5(F)C4)c(Cl)c32)c(F)cc1F. The minimum atomic E-state index is -1.79. The first-order chi connectivity index (χ1) is 16.4. The minimum absolute atomic E-state index is 0.0702. The van der Waals surface area contributed by atoms with E-state index in [1.807, 2.05) is 0 Å². The zero-order chi connectivity index (χ0) is 25.4. The Kier molecular flexibility index (Phi) is 5.05. The van der Waals surface area contributed by atoms with Gasteiger partial charge in [0, 0.05) is 18.8 Å². The van der Waals surface area contributed by atoms with Gasteiger partial charge in [-0.1, -0.05) is 11.6 Å². The lowest BCUT2D eigenvalue weighted by molar-refractivity contribution is 0.0695. The van der Waals surface area contributed by atoms with Crippen molar-refractivity contribution in [3.8, 4) is 5.82 Å². The molecule has 2 aliphatic rings. The molecule has 5 rings (SSSR count). The van der Waals surface area contributed by atoms with Gasteiger partial charge in [0.05, 0.1) is 33.7 Å². The van der Waals surface area contributed by atoms with Crippen LogP contribution in [-0.2, 0) is 0 Å². The summed E-state index contributed by atoms with van der Waals surface area (Å²) in [6.07, 6.45) is 1.87. The third kappa shape index (κ3) is 3.27. The van der Waals surface area contributed by atoms with Crippen molar-refractivity contribution < 1.29 is 27.5 Å². The smallest absolute Gasteiger partial charge is 0.341 e. The van der Waals surface area contributed by atoms with Crippen molar-refractivity contribution in [2.75, 3.05) is 23.7 Å². The minimum Gasteiger partial charge on any atom is -0.477 e. The first-order valence-corrected chi connectivity index (χ1v) is 10.9. The van der Waals surface area contributed by atoms with Crippen LogP contribution >= 0.6 is 11.6 Å². The molecule has 0 spiro atoms. The number of nitrogens with two attached hydrogens (primary N) is 2. The van der Waals surface area contributed by atoms with E-state index in [4.69, 9.17) is 23.1 Å². The highest BCUT2D eigenvalue weighted by molar-refractivity contribution is 6.38. The Morgan fingerprint density at radius 3 is 2.51 bits per heavy atom. The molecule has 0 unspecified atom stereocenters. The highest BCUT2D eigenvalue weighted by atomic mass is 35.5. The third-order valence-corrected chi connectivity index (χ3v) is 7.23. The van der Waals surface area contributed by atoms with Gasteiger partial charge in [-0.3, -0.25) is 9.36 Å². The van der Waals surface area contributed by atoms with Crippen LogP contribution in [0.5, 0.6) is 0 Å². The second-order valence-corrected chi connectivity index (χ2v) is 9.33. The van der Waals surface area contributed by atoms with E-state index in [-0.39, 0.29) is 30.7 Å². The van der Waals surface area contributed by atoms with E-state index in [0.29, 0.717) is 18.9 Å². The highest BCUT2D eigenvalue weighted by Crippen LogP contribution is 2.49. The van der Waals surface area contributed by atoms with Crippen LogP contribution in [-0.4, -0.2) is 44.9 Å². The molecule has 2 atom stereocenters. The molecule has 184 valence electrons. The second-order valence-electron chi connectivity index (χ2n) is 8.96. The summed E-state index contributed by atoms with van der Waals surface area (Å²) in [5.41, 5.74) is 6.18. The van der Waals surface area contributed by atoms with E-state index < -0.39 is 67.7 Å². The standard InChI is InChI=1S/C22H18ClF4N5O3/c23-14-15-9(4-11(24)16(14)31-7-21(27)2-1-3-22(21,29)8-31)17(33)10(20(34)35)6-32(15)19-13(26)5-12(25)18(28)30-19/h4-6H,1-3,7-8,29H2,(H2,28,30)(H,34,35)/t21-,22+/m0/s1. The fourth-order valence-electron chi connectivity index (χ4n) is 5.12. The first kappa shape index (κ1) is 23.4. The molecule has 1 aliphatic carbocycles. The maximum absolute atomic E-state index is 15.5. The maximum atomic E-state index is 15.5. The van der Waals surface area contributed by atoms with Gasteiger partial charge in [-0.2, -0.15) is 0 Å². The summed E-state index contributed by atoms with van der Waals surface area (Å²) in [7, 11) is 0. The maximum Gasteiger partial charge on any atom is 0.341 e. The first-order valence-electron chi connectivity index (χ1n) is 10.5. The molecule has 1 aliphatic heterocycles. The lowest BCUT2D eigenvalue weighted by Gasteiger charge is -2.27. The summed E-state index contributed by atoms with van der Waals surface area (Å²) in [5, 5.41) is 8.55. The summed E-state index contributed by atoms with van der Waals surface area (Å²) in [4.78, 5) is 29.5. The molecule has 1 saturated heterocycles. The number of aromatic carboxylic acids is 1. The molecule has 13 heteroatoms. The molecule has 2 fully saturated rings. The van der Waals surface area contributed by atoms with Gasteiger partial charge in [-0.15, -0.1) is 0 Å². The van der Waals surface area contributed by atoms with Gasteiger partial charge in [-0.05, 0) is 25.3 Å². The van der Waals surface area contributed by atoms with Crippen molar-refractivity contribution in [1.82, 2.24) is 9.55 Å². The molecular weight excluding hydrogens is 494 g/mol. The topological polar surface area (TPSA) is 127 Å². The predicted molar refractivity (Wildman–Crippen MR) is 120 cm³/mol. The zero-order valence-electron chi connectivity index (χ0n) is 17.9. The Balaban J connectivity index is 1.82. The van der Waals surface area contributed by atoms with E-state index in [2.05, 4.69) is 4.98 Å². The Bertz CT molecular complexity index is 1480. The summed E-state index contributed by atoms with van der Waals surface area (Å²) < 4.78 is 60.1. The quantitative estimate of drug-likeness (QED) is 0.461. The van der Waals surface area contributed by atoms with E-state index >= 15 is 8.78 Å². The average molecular weight is 512 g/mol.